The number of para-hydroxylation sites is 1. The molecule has 128 valence electrons. The van der Waals surface area contributed by atoms with Crippen molar-refractivity contribution in [1.29, 1.82) is 0 Å². The van der Waals surface area contributed by atoms with Crippen LogP contribution in [-0.4, -0.2) is 29.4 Å². The summed E-state index contributed by atoms with van der Waals surface area (Å²) in [6.07, 6.45) is 0. The number of benzene rings is 2. The summed E-state index contributed by atoms with van der Waals surface area (Å²) in [6.45, 7) is -0.0283. The fourth-order valence-electron chi connectivity index (χ4n) is 1.96. The van der Waals surface area contributed by atoms with Crippen LogP contribution in [0.15, 0.2) is 48.5 Å². The number of nitrogens with one attached hydrogen (secondary N) is 1. The minimum absolute atomic E-state index is 0.00886. The highest BCUT2D eigenvalue weighted by atomic mass is 31.2. The molecule has 0 fully saturated rings. The Balaban J connectivity index is 1.88. The summed E-state index contributed by atoms with van der Waals surface area (Å²) in [5.41, 5.74) is 0.889. The molecule has 0 saturated heterocycles. The standard InChI is InChI=1S/C16H18NO6P/c1-22-13-8-6-12(7-9-13)10-17-16(18)11-23-14-4-2-3-5-15(14)24(19,20)21/h2-9H,10-11H2,1H3,(H,17,18)(H2,19,20,21). The lowest BCUT2D eigenvalue weighted by atomic mass is 10.2. The van der Waals surface area contributed by atoms with Crippen molar-refractivity contribution in [2.45, 2.75) is 6.54 Å². The van der Waals surface area contributed by atoms with Gasteiger partial charge in [-0.2, -0.15) is 0 Å². The number of rotatable bonds is 7. The minimum Gasteiger partial charge on any atom is -0.497 e. The summed E-state index contributed by atoms with van der Waals surface area (Å²) >= 11 is 0. The Morgan fingerprint density at radius 2 is 1.79 bits per heavy atom. The number of carbonyl (C=O) groups is 1. The zero-order valence-electron chi connectivity index (χ0n) is 13.0. The lowest BCUT2D eigenvalue weighted by Crippen LogP contribution is -2.29. The maximum atomic E-state index is 11.8. The van der Waals surface area contributed by atoms with Gasteiger partial charge in [0.05, 0.1) is 7.11 Å². The van der Waals surface area contributed by atoms with E-state index in [1.165, 1.54) is 18.2 Å². The molecule has 24 heavy (non-hydrogen) atoms. The van der Waals surface area contributed by atoms with Crippen molar-refractivity contribution >= 4 is 18.8 Å². The second-order valence-corrected chi connectivity index (χ2v) is 6.50. The molecule has 1 amide bonds. The highest BCUT2D eigenvalue weighted by molar-refractivity contribution is 7.60. The van der Waals surface area contributed by atoms with Gasteiger partial charge in [0.15, 0.2) is 6.61 Å². The van der Waals surface area contributed by atoms with Crippen molar-refractivity contribution in [3.05, 3.63) is 54.1 Å². The molecule has 2 aromatic carbocycles. The second-order valence-electron chi connectivity index (χ2n) is 4.93. The quantitative estimate of drug-likeness (QED) is 0.647. The van der Waals surface area contributed by atoms with E-state index in [0.717, 1.165) is 11.3 Å². The number of ether oxygens (including phenoxy) is 2. The summed E-state index contributed by atoms with van der Waals surface area (Å²) in [6, 6.07) is 13.0. The monoisotopic (exact) mass is 351 g/mol. The highest BCUT2D eigenvalue weighted by Gasteiger charge is 2.22. The van der Waals surface area contributed by atoms with E-state index in [-0.39, 0.29) is 17.7 Å². The van der Waals surface area contributed by atoms with E-state index in [9.17, 15) is 19.1 Å². The molecule has 2 aromatic rings. The Labute approximate surface area is 139 Å². The molecule has 0 saturated carbocycles. The average Bonchev–Trinajstić information content (AvgIpc) is 2.58. The van der Waals surface area contributed by atoms with Crippen molar-refractivity contribution in [3.63, 3.8) is 0 Å². The van der Waals surface area contributed by atoms with Crippen molar-refractivity contribution in [2.24, 2.45) is 0 Å². The van der Waals surface area contributed by atoms with E-state index in [0.29, 0.717) is 6.54 Å². The van der Waals surface area contributed by atoms with Gasteiger partial charge in [-0.3, -0.25) is 9.36 Å². The number of carbonyl (C=O) groups excluding carboxylic acids is 1. The first-order chi connectivity index (χ1) is 11.4. The van der Waals surface area contributed by atoms with E-state index in [4.69, 9.17) is 9.47 Å². The van der Waals surface area contributed by atoms with Crippen LogP contribution in [0, 0.1) is 0 Å². The molecule has 0 atom stereocenters. The lowest BCUT2D eigenvalue weighted by molar-refractivity contribution is -0.123. The number of hydrogen-bond donors (Lipinski definition) is 3. The molecule has 0 spiro atoms. The third-order valence-corrected chi connectivity index (χ3v) is 4.18. The van der Waals surface area contributed by atoms with Crippen LogP contribution in [-0.2, 0) is 15.9 Å². The van der Waals surface area contributed by atoms with Gasteiger partial charge in [0, 0.05) is 6.54 Å². The molecule has 8 heteroatoms. The molecule has 0 radical (unpaired) electrons. The minimum atomic E-state index is -4.46. The Morgan fingerprint density at radius 1 is 1.12 bits per heavy atom. The maximum absolute atomic E-state index is 11.8. The van der Waals surface area contributed by atoms with Crippen molar-refractivity contribution < 1.29 is 28.6 Å². The number of hydrogen-bond acceptors (Lipinski definition) is 4. The third kappa shape index (κ3) is 5.09. The summed E-state index contributed by atoms with van der Waals surface area (Å²) in [4.78, 5) is 30.3. The largest absolute Gasteiger partial charge is 0.497 e. The predicted octanol–water partition coefficient (Wildman–Crippen LogP) is 1.19. The maximum Gasteiger partial charge on any atom is 0.359 e. The van der Waals surface area contributed by atoms with Crippen molar-refractivity contribution in [3.8, 4) is 11.5 Å². The van der Waals surface area contributed by atoms with Gasteiger partial charge in [0.25, 0.3) is 5.91 Å². The third-order valence-electron chi connectivity index (χ3n) is 3.19. The Hall–Kier alpha value is -2.34. The van der Waals surface area contributed by atoms with E-state index in [1.807, 2.05) is 12.1 Å². The number of amides is 1. The van der Waals surface area contributed by atoms with Gasteiger partial charge < -0.3 is 24.6 Å². The van der Waals surface area contributed by atoms with Crippen LogP contribution in [0.4, 0.5) is 0 Å². The molecule has 0 heterocycles. The molecule has 0 aromatic heterocycles. The normalized spacial score (nSPS) is 11.0. The second kappa shape index (κ2) is 7.97. The van der Waals surface area contributed by atoms with Gasteiger partial charge in [-0.05, 0) is 29.8 Å². The molecule has 3 N–H and O–H groups in total. The SMILES string of the molecule is COc1ccc(CNC(=O)COc2ccccc2P(=O)(O)O)cc1. The van der Waals surface area contributed by atoms with Crippen LogP contribution in [0.1, 0.15) is 5.56 Å². The molecular weight excluding hydrogens is 333 g/mol. The zero-order chi connectivity index (χ0) is 17.6. The van der Waals surface area contributed by atoms with Crippen LogP contribution in [0.25, 0.3) is 0 Å². The highest BCUT2D eigenvalue weighted by Crippen LogP contribution is 2.37. The first-order valence-corrected chi connectivity index (χ1v) is 8.69. The molecule has 0 bridgehead atoms. The van der Waals surface area contributed by atoms with Gasteiger partial charge in [0.1, 0.15) is 16.8 Å². The Kier molecular flexibility index (Phi) is 5.98. The van der Waals surface area contributed by atoms with E-state index < -0.39 is 13.5 Å². The van der Waals surface area contributed by atoms with Crippen molar-refractivity contribution in [2.75, 3.05) is 13.7 Å². The Bertz CT molecular complexity index is 740. The molecule has 7 nitrogen and oxygen atoms in total. The van der Waals surface area contributed by atoms with Gasteiger partial charge in [-0.15, -0.1) is 0 Å². The summed E-state index contributed by atoms with van der Waals surface area (Å²) in [7, 11) is -2.88. The molecule has 0 aliphatic carbocycles. The first-order valence-electron chi connectivity index (χ1n) is 7.07. The smallest absolute Gasteiger partial charge is 0.359 e. The molecule has 0 unspecified atom stereocenters. The Morgan fingerprint density at radius 3 is 2.42 bits per heavy atom. The average molecular weight is 351 g/mol. The first kappa shape index (κ1) is 18.0. The van der Waals surface area contributed by atoms with Gasteiger partial charge in [0.2, 0.25) is 0 Å². The van der Waals surface area contributed by atoms with E-state index in [2.05, 4.69) is 5.32 Å². The van der Waals surface area contributed by atoms with Gasteiger partial charge >= 0.3 is 7.60 Å². The fourth-order valence-corrected chi connectivity index (χ4v) is 2.66. The van der Waals surface area contributed by atoms with Crippen molar-refractivity contribution in [1.82, 2.24) is 5.32 Å². The molecule has 0 aliphatic rings. The molecule has 0 aliphatic heterocycles. The number of methoxy groups -OCH3 is 1. The van der Waals surface area contributed by atoms with E-state index >= 15 is 0 Å². The molecular formula is C16H18NO6P. The van der Waals surface area contributed by atoms with Crippen LogP contribution in [0.5, 0.6) is 11.5 Å². The fraction of sp³-hybridized carbons (Fsp3) is 0.188. The molecule has 2 rings (SSSR count). The van der Waals surface area contributed by atoms with Crippen LogP contribution in [0.2, 0.25) is 0 Å². The predicted molar refractivity (Wildman–Crippen MR) is 88.5 cm³/mol. The topological polar surface area (TPSA) is 105 Å². The van der Waals surface area contributed by atoms with Crippen LogP contribution in [0.3, 0.4) is 0 Å². The van der Waals surface area contributed by atoms with Crippen LogP contribution >= 0.6 is 7.60 Å². The summed E-state index contributed by atoms with van der Waals surface area (Å²) in [5, 5.41) is 2.42. The van der Waals surface area contributed by atoms with E-state index in [1.54, 1.807) is 25.3 Å². The zero-order valence-corrected chi connectivity index (χ0v) is 13.9. The van der Waals surface area contributed by atoms with Gasteiger partial charge in [-0.25, -0.2) is 0 Å². The summed E-state index contributed by atoms with van der Waals surface area (Å²) < 4.78 is 21.6. The lowest BCUT2D eigenvalue weighted by Gasteiger charge is -2.12. The van der Waals surface area contributed by atoms with Crippen LogP contribution < -0.4 is 20.1 Å². The van der Waals surface area contributed by atoms with Gasteiger partial charge in [-0.1, -0.05) is 24.3 Å². The summed E-state index contributed by atoms with van der Waals surface area (Å²) in [5.74, 6) is 0.319.